The molecule has 30 heavy (non-hydrogen) atoms. The molecule has 1 heterocycles. The quantitative estimate of drug-likeness (QED) is 0.509. The third-order valence-corrected chi connectivity index (χ3v) is 5.29. The summed E-state index contributed by atoms with van der Waals surface area (Å²) in [5, 5.41) is 24.3. The van der Waals surface area contributed by atoms with Gasteiger partial charge in [-0.2, -0.15) is 10.2 Å². The van der Waals surface area contributed by atoms with Crippen molar-refractivity contribution < 1.29 is 37.9 Å². The van der Waals surface area contributed by atoms with E-state index in [0.29, 0.717) is 5.01 Å². The molecule has 0 aromatic heterocycles. The Morgan fingerprint density at radius 2 is 1.77 bits per heavy atom. The maximum Gasteiger partial charge on any atom is 0.435 e. The van der Waals surface area contributed by atoms with Crippen molar-refractivity contribution in [2.75, 3.05) is 12.8 Å². The first-order chi connectivity index (χ1) is 13.6. The van der Waals surface area contributed by atoms with Crippen molar-refractivity contribution in [1.82, 2.24) is 10.1 Å². The van der Waals surface area contributed by atoms with Gasteiger partial charge in [0.25, 0.3) is 5.91 Å². The van der Waals surface area contributed by atoms with Gasteiger partial charge in [-0.05, 0) is 39.8 Å². The molecular formula is C18H23N3O8S. The number of sulfone groups is 1. The van der Waals surface area contributed by atoms with Crippen molar-refractivity contribution >= 4 is 33.5 Å². The van der Waals surface area contributed by atoms with Gasteiger partial charge < -0.3 is 9.84 Å². The highest BCUT2D eigenvalue weighted by atomic mass is 32.2. The van der Waals surface area contributed by atoms with Gasteiger partial charge in [0.15, 0.2) is 15.4 Å². The van der Waals surface area contributed by atoms with Crippen LogP contribution in [-0.2, 0) is 24.2 Å². The first kappa shape index (κ1) is 23.3. The molecule has 0 saturated heterocycles. The molecule has 11 nitrogen and oxygen atoms in total. The number of nitrogens with zero attached hydrogens (tertiary/aromatic N) is 3. The maximum absolute atomic E-state index is 12.9. The molecule has 0 saturated carbocycles. The Labute approximate surface area is 173 Å². The van der Waals surface area contributed by atoms with Crippen molar-refractivity contribution in [2.24, 2.45) is 5.10 Å². The van der Waals surface area contributed by atoms with Gasteiger partial charge in [0, 0.05) is 11.8 Å². The fraction of sp³-hybridized carbons (Fsp3) is 0.444. The van der Waals surface area contributed by atoms with Crippen LogP contribution in [0.4, 0.5) is 4.79 Å². The number of hydroxylamine groups is 2. The normalized spacial score (nSPS) is 19.5. The van der Waals surface area contributed by atoms with Crippen LogP contribution in [0.15, 0.2) is 34.3 Å². The molecule has 1 atom stereocenters. The van der Waals surface area contributed by atoms with E-state index in [-0.39, 0.29) is 21.2 Å². The molecule has 0 radical (unpaired) electrons. The Bertz CT molecular complexity index is 1010. The third kappa shape index (κ3) is 4.60. The van der Waals surface area contributed by atoms with Gasteiger partial charge in [-0.25, -0.2) is 18.2 Å². The number of amides is 2. The van der Waals surface area contributed by atoms with E-state index in [9.17, 15) is 28.0 Å². The Balaban J connectivity index is 2.55. The second-order valence-corrected chi connectivity index (χ2v) is 9.88. The van der Waals surface area contributed by atoms with E-state index in [1.807, 2.05) is 0 Å². The van der Waals surface area contributed by atoms with E-state index in [1.165, 1.54) is 31.2 Å². The zero-order valence-corrected chi connectivity index (χ0v) is 17.9. The van der Waals surface area contributed by atoms with E-state index in [1.54, 1.807) is 20.8 Å². The second-order valence-electron chi connectivity index (χ2n) is 7.87. The first-order valence-electron chi connectivity index (χ1n) is 8.73. The fourth-order valence-corrected chi connectivity index (χ4v) is 3.36. The summed E-state index contributed by atoms with van der Waals surface area (Å²) in [6.45, 7) is 5.07. The van der Waals surface area contributed by atoms with Gasteiger partial charge in [0.1, 0.15) is 17.9 Å². The van der Waals surface area contributed by atoms with Crippen LogP contribution < -0.4 is 0 Å². The molecule has 2 amide bonds. The number of ether oxygens (including phenoxy) is 1. The zero-order chi connectivity index (χ0) is 23.1. The minimum Gasteiger partial charge on any atom is -0.480 e. The summed E-state index contributed by atoms with van der Waals surface area (Å²) in [7, 11) is -3.49. The van der Waals surface area contributed by atoms with Gasteiger partial charge in [-0.3, -0.25) is 14.8 Å². The summed E-state index contributed by atoms with van der Waals surface area (Å²) in [6.07, 6.45) is -0.217. The van der Waals surface area contributed by atoms with Gasteiger partial charge in [0.2, 0.25) is 0 Å². The topological polar surface area (TPSA) is 154 Å². The number of hydrazone groups is 1. The molecule has 12 heteroatoms. The molecule has 1 aromatic rings. The molecule has 0 bridgehead atoms. The molecule has 2 N–H and O–H groups in total. The molecule has 0 fully saturated rings. The van der Waals surface area contributed by atoms with Crippen LogP contribution in [0.5, 0.6) is 0 Å². The molecule has 1 unspecified atom stereocenters. The van der Waals surface area contributed by atoms with Crippen LogP contribution in [0, 0.1) is 0 Å². The molecule has 164 valence electrons. The number of carbonyl (C=O) groups excluding carboxylic acids is 2. The highest BCUT2D eigenvalue weighted by Gasteiger charge is 2.55. The minimum atomic E-state index is -3.49. The van der Waals surface area contributed by atoms with Crippen molar-refractivity contribution in [3.05, 3.63) is 29.8 Å². The Hall–Kier alpha value is -2.99. The summed E-state index contributed by atoms with van der Waals surface area (Å²) in [5.74, 6) is -2.33. The van der Waals surface area contributed by atoms with E-state index in [0.717, 1.165) is 6.26 Å². The van der Waals surface area contributed by atoms with Gasteiger partial charge in [-0.15, -0.1) is 0 Å². The number of carbonyl (C=O) groups is 3. The number of hydrogen-bond acceptors (Lipinski definition) is 8. The largest absolute Gasteiger partial charge is 0.480 e. The lowest BCUT2D eigenvalue weighted by molar-refractivity contribution is -0.164. The van der Waals surface area contributed by atoms with Gasteiger partial charge in [-0.1, -0.05) is 12.1 Å². The van der Waals surface area contributed by atoms with E-state index < -0.39 is 45.5 Å². The van der Waals surface area contributed by atoms with Crippen LogP contribution in [0.1, 0.15) is 33.3 Å². The number of carboxylic acids is 1. The predicted octanol–water partition coefficient (Wildman–Crippen LogP) is 1.11. The summed E-state index contributed by atoms with van der Waals surface area (Å²) < 4.78 is 28.5. The lowest BCUT2D eigenvalue weighted by Crippen LogP contribution is -2.59. The number of aliphatic carboxylic acids is 1. The monoisotopic (exact) mass is 441 g/mol. The van der Waals surface area contributed by atoms with E-state index >= 15 is 0 Å². The highest BCUT2D eigenvalue weighted by Crippen LogP contribution is 2.31. The Kier molecular flexibility index (Phi) is 5.97. The van der Waals surface area contributed by atoms with Crippen LogP contribution in [0.2, 0.25) is 0 Å². The fourth-order valence-electron chi connectivity index (χ4n) is 2.73. The van der Waals surface area contributed by atoms with Crippen LogP contribution in [0.25, 0.3) is 0 Å². The minimum absolute atomic E-state index is 0.00765. The van der Waals surface area contributed by atoms with E-state index in [2.05, 4.69) is 5.10 Å². The lowest BCUT2D eigenvalue weighted by atomic mass is 9.90. The molecular weight excluding hydrogens is 418 g/mol. The Morgan fingerprint density at radius 3 is 2.20 bits per heavy atom. The van der Waals surface area contributed by atoms with Crippen LogP contribution in [0.3, 0.4) is 0 Å². The van der Waals surface area contributed by atoms with Crippen LogP contribution >= 0.6 is 0 Å². The number of hydrogen-bond donors (Lipinski definition) is 2. The van der Waals surface area contributed by atoms with Crippen LogP contribution in [-0.4, -0.2) is 76.4 Å². The molecule has 2 rings (SSSR count). The average molecular weight is 441 g/mol. The number of rotatable bonds is 5. The standard InChI is InChI=1S/C18H23N3O8S/c1-17(2,3)29-16(25)21(26)18(4)14(19-20(15(18)24)10-13(22)23)11-6-8-12(9-7-11)30(5,27)28/h6-9,26H,10H2,1-5H3,(H,22,23). The third-order valence-electron chi connectivity index (χ3n) is 4.16. The van der Waals surface area contributed by atoms with Crippen molar-refractivity contribution in [3.63, 3.8) is 0 Å². The summed E-state index contributed by atoms with van der Waals surface area (Å²) >= 11 is 0. The summed E-state index contributed by atoms with van der Waals surface area (Å²) in [6, 6.07) is 5.22. The average Bonchev–Trinajstić information content (AvgIpc) is 2.84. The molecule has 0 aliphatic carbocycles. The summed E-state index contributed by atoms with van der Waals surface area (Å²) in [4.78, 5) is 36.5. The smallest absolute Gasteiger partial charge is 0.435 e. The predicted molar refractivity (Wildman–Crippen MR) is 104 cm³/mol. The van der Waals surface area contributed by atoms with Crippen molar-refractivity contribution in [2.45, 2.75) is 43.7 Å². The summed E-state index contributed by atoms with van der Waals surface area (Å²) in [5.41, 5.74) is -3.04. The first-order valence-corrected chi connectivity index (χ1v) is 10.6. The molecule has 1 aromatic carbocycles. The van der Waals surface area contributed by atoms with Gasteiger partial charge in [0.05, 0.1) is 4.90 Å². The number of benzene rings is 1. The molecule has 1 aliphatic rings. The molecule has 0 spiro atoms. The Morgan fingerprint density at radius 1 is 1.23 bits per heavy atom. The SMILES string of the molecule is CC(C)(C)OC(=O)N(O)C1(C)C(=O)N(CC(=O)O)N=C1c1ccc(S(C)(=O)=O)cc1. The van der Waals surface area contributed by atoms with E-state index in [4.69, 9.17) is 9.84 Å². The second kappa shape index (κ2) is 7.69. The van der Waals surface area contributed by atoms with Crippen molar-refractivity contribution in [3.8, 4) is 0 Å². The van der Waals surface area contributed by atoms with Crippen molar-refractivity contribution in [1.29, 1.82) is 0 Å². The number of carboxylic acid groups (broad SMARTS) is 1. The zero-order valence-electron chi connectivity index (χ0n) is 17.1. The molecule has 1 aliphatic heterocycles. The lowest BCUT2D eigenvalue weighted by Gasteiger charge is -2.33. The van der Waals surface area contributed by atoms with Gasteiger partial charge >= 0.3 is 12.1 Å². The maximum atomic E-state index is 12.9. The highest BCUT2D eigenvalue weighted by molar-refractivity contribution is 7.90.